The Morgan fingerprint density at radius 2 is 1.53 bits per heavy atom. The fraction of sp³-hybridized carbons (Fsp3) is 0.0714. The number of carbonyl (C=O) groups is 1. The lowest BCUT2D eigenvalue weighted by molar-refractivity contribution is -0.108. The number of benzene rings is 2. The van der Waals surface area contributed by atoms with E-state index in [1.807, 2.05) is 54.6 Å². The molecule has 2 aromatic rings. The molecule has 0 spiro atoms. The molecule has 0 heterocycles. The zero-order valence-electron chi connectivity index (χ0n) is 8.26. The largest absolute Gasteiger partial charge is 0.302 e. The topological polar surface area (TPSA) is 17.1 Å². The van der Waals surface area contributed by atoms with Crippen LogP contribution in [0, 0.1) is 6.07 Å². The predicted molar refractivity (Wildman–Crippen MR) is 59.6 cm³/mol. The SMILES string of the molecule is O=CC(c1cc[c]cc1)c1ccccc1. The number of hydrogen-bond donors (Lipinski definition) is 0. The smallest absolute Gasteiger partial charge is 0.131 e. The summed E-state index contributed by atoms with van der Waals surface area (Å²) in [6.45, 7) is 0. The standard InChI is InChI=1S/C14H11O/c15-11-14(12-7-3-1-4-8-12)13-9-5-2-6-10-13/h1,3-11,14H. The Morgan fingerprint density at radius 1 is 0.933 bits per heavy atom. The molecule has 0 bridgehead atoms. The Morgan fingerprint density at radius 3 is 2.13 bits per heavy atom. The van der Waals surface area contributed by atoms with Gasteiger partial charge in [0.05, 0.1) is 5.92 Å². The lowest BCUT2D eigenvalue weighted by Crippen LogP contribution is -2.01. The highest BCUT2D eigenvalue weighted by Gasteiger charge is 2.11. The molecule has 0 saturated carbocycles. The van der Waals surface area contributed by atoms with Gasteiger partial charge in [0.1, 0.15) is 6.29 Å². The zero-order chi connectivity index (χ0) is 10.5. The van der Waals surface area contributed by atoms with E-state index in [4.69, 9.17) is 0 Å². The molecular formula is C14H11O. The van der Waals surface area contributed by atoms with Crippen molar-refractivity contribution in [2.24, 2.45) is 0 Å². The van der Waals surface area contributed by atoms with Crippen LogP contribution in [-0.4, -0.2) is 6.29 Å². The van der Waals surface area contributed by atoms with Crippen LogP contribution >= 0.6 is 0 Å². The van der Waals surface area contributed by atoms with E-state index in [1.165, 1.54) is 0 Å². The van der Waals surface area contributed by atoms with E-state index in [2.05, 4.69) is 6.07 Å². The monoisotopic (exact) mass is 195 g/mol. The second kappa shape index (κ2) is 4.56. The highest BCUT2D eigenvalue weighted by atomic mass is 16.1. The number of rotatable bonds is 3. The number of carbonyl (C=O) groups excluding carboxylic acids is 1. The summed E-state index contributed by atoms with van der Waals surface area (Å²) < 4.78 is 0. The van der Waals surface area contributed by atoms with E-state index in [1.54, 1.807) is 0 Å². The Bertz CT molecular complexity index is 380. The lowest BCUT2D eigenvalue weighted by Gasteiger charge is -2.10. The third kappa shape index (κ3) is 2.13. The van der Waals surface area contributed by atoms with Crippen molar-refractivity contribution in [2.75, 3.05) is 0 Å². The van der Waals surface area contributed by atoms with E-state index >= 15 is 0 Å². The molecule has 0 aliphatic heterocycles. The Hall–Kier alpha value is -1.89. The van der Waals surface area contributed by atoms with Crippen LogP contribution < -0.4 is 0 Å². The fourth-order valence-electron chi connectivity index (χ4n) is 1.62. The van der Waals surface area contributed by atoms with Gasteiger partial charge in [-0.2, -0.15) is 0 Å². The summed E-state index contributed by atoms with van der Waals surface area (Å²) >= 11 is 0. The van der Waals surface area contributed by atoms with Crippen molar-refractivity contribution >= 4 is 6.29 Å². The van der Waals surface area contributed by atoms with Gasteiger partial charge in [0.15, 0.2) is 0 Å². The second-order valence-corrected chi connectivity index (χ2v) is 3.36. The van der Waals surface area contributed by atoms with Crippen LogP contribution in [0.2, 0.25) is 0 Å². The van der Waals surface area contributed by atoms with Crippen LogP contribution in [0.25, 0.3) is 0 Å². The maximum atomic E-state index is 11.1. The quantitative estimate of drug-likeness (QED) is 0.688. The van der Waals surface area contributed by atoms with E-state index in [0.717, 1.165) is 17.4 Å². The van der Waals surface area contributed by atoms with Crippen molar-refractivity contribution in [2.45, 2.75) is 5.92 Å². The van der Waals surface area contributed by atoms with Crippen molar-refractivity contribution in [3.8, 4) is 0 Å². The first-order valence-electron chi connectivity index (χ1n) is 4.88. The average Bonchev–Trinajstić information content (AvgIpc) is 2.33. The highest BCUT2D eigenvalue weighted by Crippen LogP contribution is 2.21. The molecule has 1 nitrogen and oxygen atoms in total. The first-order valence-corrected chi connectivity index (χ1v) is 4.88. The first kappa shape index (κ1) is 9.66. The van der Waals surface area contributed by atoms with E-state index in [-0.39, 0.29) is 5.92 Å². The molecule has 0 fully saturated rings. The molecule has 0 amide bonds. The van der Waals surface area contributed by atoms with Gasteiger partial charge in [0, 0.05) is 0 Å². The van der Waals surface area contributed by atoms with Gasteiger partial charge in [0.25, 0.3) is 0 Å². The Labute approximate surface area is 89.4 Å². The first-order chi connectivity index (χ1) is 7.42. The van der Waals surface area contributed by atoms with Gasteiger partial charge in [-0.1, -0.05) is 54.6 Å². The predicted octanol–water partition coefficient (Wildman–Crippen LogP) is 2.82. The summed E-state index contributed by atoms with van der Waals surface area (Å²) in [7, 11) is 0. The Kier molecular flexibility index (Phi) is 2.93. The van der Waals surface area contributed by atoms with Gasteiger partial charge in [-0.15, -0.1) is 0 Å². The minimum atomic E-state index is -0.166. The van der Waals surface area contributed by atoms with Crippen molar-refractivity contribution in [3.63, 3.8) is 0 Å². The van der Waals surface area contributed by atoms with Gasteiger partial charge in [0.2, 0.25) is 0 Å². The molecule has 1 atom stereocenters. The van der Waals surface area contributed by atoms with E-state index < -0.39 is 0 Å². The van der Waals surface area contributed by atoms with Crippen molar-refractivity contribution in [1.82, 2.24) is 0 Å². The summed E-state index contributed by atoms with van der Waals surface area (Å²) in [6, 6.07) is 20.2. The van der Waals surface area contributed by atoms with Crippen LogP contribution in [0.4, 0.5) is 0 Å². The molecule has 15 heavy (non-hydrogen) atoms. The molecule has 1 unspecified atom stereocenters. The second-order valence-electron chi connectivity index (χ2n) is 3.36. The lowest BCUT2D eigenvalue weighted by atomic mass is 9.93. The zero-order valence-corrected chi connectivity index (χ0v) is 8.26. The van der Waals surface area contributed by atoms with Crippen molar-refractivity contribution < 1.29 is 4.79 Å². The molecule has 1 heteroatoms. The molecular weight excluding hydrogens is 184 g/mol. The third-order valence-electron chi connectivity index (χ3n) is 2.40. The van der Waals surface area contributed by atoms with Gasteiger partial charge >= 0.3 is 0 Å². The maximum absolute atomic E-state index is 11.1. The normalized spacial score (nSPS) is 10.2. The fourth-order valence-corrected chi connectivity index (χ4v) is 1.62. The molecule has 2 rings (SSSR count). The van der Waals surface area contributed by atoms with Crippen LogP contribution in [-0.2, 0) is 4.79 Å². The molecule has 0 aromatic heterocycles. The minimum absolute atomic E-state index is 0.166. The summed E-state index contributed by atoms with van der Waals surface area (Å²) in [5, 5.41) is 0. The number of hydrogen-bond acceptors (Lipinski definition) is 1. The van der Waals surface area contributed by atoms with Crippen molar-refractivity contribution in [1.29, 1.82) is 0 Å². The maximum Gasteiger partial charge on any atom is 0.131 e. The summed E-state index contributed by atoms with van der Waals surface area (Å²) in [5.41, 5.74) is 2.04. The molecule has 0 aliphatic carbocycles. The van der Waals surface area contributed by atoms with Gasteiger partial charge in [-0.25, -0.2) is 0 Å². The van der Waals surface area contributed by atoms with Gasteiger partial charge in [-0.3, -0.25) is 0 Å². The highest BCUT2D eigenvalue weighted by molar-refractivity contribution is 5.68. The van der Waals surface area contributed by atoms with Gasteiger partial charge in [-0.05, 0) is 17.2 Å². The van der Waals surface area contributed by atoms with E-state index in [9.17, 15) is 4.79 Å². The molecule has 0 N–H and O–H groups in total. The van der Waals surface area contributed by atoms with Crippen LogP contribution in [0.3, 0.4) is 0 Å². The molecule has 0 aliphatic rings. The van der Waals surface area contributed by atoms with Crippen LogP contribution in [0.1, 0.15) is 17.0 Å². The summed E-state index contributed by atoms with van der Waals surface area (Å²) in [6.07, 6.45) is 0.977. The minimum Gasteiger partial charge on any atom is -0.302 e. The third-order valence-corrected chi connectivity index (χ3v) is 2.40. The molecule has 73 valence electrons. The summed E-state index contributed by atoms with van der Waals surface area (Å²) in [5.74, 6) is -0.166. The molecule has 1 radical (unpaired) electrons. The molecule has 2 aromatic carbocycles. The number of aldehydes is 1. The Balaban J connectivity index is 2.38. The van der Waals surface area contributed by atoms with Crippen LogP contribution in [0.15, 0.2) is 54.6 Å². The van der Waals surface area contributed by atoms with Crippen molar-refractivity contribution in [3.05, 3.63) is 71.8 Å². The average molecular weight is 195 g/mol. The van der Waals surface area contributed by atoms with Crippen LogP contribution in [0.5, 0.6) is 0 Å². The van der Waals surface area contributed by atoms with Gasteiger partial charge < -0.3 is 4.79 Å². The summed E-state index contributed by atoms with van der Waals surface area (Å²) in [4.78, 5) is 11.1. The van der Waals surface area contributed by atoms with E-state index in [0.29, 0.717) is 0 Å². The molecule has 0 saturated heterocycles.